The zero-order valence-corrected chi connectivity index (χ0v) is 14.7. The van der Waals surface area contributed by atoms with Gasteiger partial charge >= 0.3 is 0 Å². The third kappa shape index (κ3) is 3.39. The largest absolute Gasteiger partial charge is 0.348 e. The summed E-state index contributed by atoms with van der Waals surface area (Å²) in [6, 6.07) is 11.7. The Bertz CT molecular complexity index is 885. The van der Waals surface area contributed by atoms with E-state index in [2.05, 4.69) is 10.4 Å². The predicted molar refractivity (Wildman–Crippen MR) is 99.3 cm³/mol. The average molecular weight is 337 g/mol. The minimum absolute atomic E-state index is 0.101. The van der Waals surface area contributed by atoms with E-state index in [9.17, 15) is 4.79 Å². The summed E-state index contributed by atoms with van der Waals surface area (Å²) in [7, 11) is 0. The summed E-state index contributed by atoms with van der Waals surface area (Å²) in [6.45, 7) is 6.35. The monoisotopic (exact) mass is 337 g/mol. The number of pyridine rings is 1. The van der Waals surface area contributed by atoms with E-state index in [-0.39, 0.29) is 18.0 Å². The van der Waals surface area contributed by atoms with Crippen molar-refractivity contribution in [2.45, 2.75) is 32.9 Å². The minimum atomic E-state index is -0.161. The molecule has 0 saturated heterocycles. The van der Waals surface area contributed by atoms with Crippen LogP contribution in [-0.2, 0) is 0 Å². The molecular weight excluding hydrogens is 314 g/mol. The van der Waals surface area contributed by atoms with Gasteiger partial charge in [-0.05, 0) is 26.8 Å². The molecule has 6 heteroatoms. The highest BCUT2D eigenvalue weighted by Crippen LogP contribution is 2.26. The fourth-order valence-electron chi connectivity index (χ4n) is 2.70. The summed E-state index contributed by atoms with van der Waals surface area (Å²) in [5.41, 5.74) is 8.62. The zero-order valence-electron chi connectivity index (χ0n) is 14.7. The van der Waals surface area contributed by atoms with Gasteiger partial charge in [0, 0.05) is 24.2 Å². The van der Waals surface area contributed by atoms with Gasteiger partial charge in [-0.2, -0.15) is 5.10 Å². The Morgan fingerprint density at radius 1 is 1.24 bits per heavy atom. The normalized spacial score (nSPS) is 12.5. The van der Waals surface area contributed by atoms with Crippen LogP contribution in [0.4, 0.5) is 0 Å². The van der Waals surface area contributed by atoms with Crippen LogP contribution in [0.15, 0.2) is 42.6 Å². The number of nitrogens with two attached hydrogens (primary N) is 1. The van der Waals surface area contributed by atoms with Gasteiger partial charge in [-0.3, -0.25) is 4.79 Å². The molecular formula is C19H23N5O. The van der Waals surface area contributed by atoms with Gasteiger partial charge in [0.05, 0.1) is 22.8 Å². The number of nitrogens with one attached hydrogen (secondary N) is 1. The Morgan fingerprint density at radius 3 is 2.60 bits per heavy atom. The lowest BCUT2D eigenvalue weighted by molar-refractivity contribution is 0.0943. The number of nitrogens with zero attached hydrogens (tertiary/aromatic N) is 3. The maximum atomic E-state index is 12.8. The second-order valence-electron chi connectivity index (χ2n) is 6.45. The van der Waals surface area contributed by atoms with E-state index in [1.165, 1.54) is 0 Å². The highest BCUT2D eigenvalue weighted by Gasteiger charge is 2.19. The van der Waals surface area contributed by atoms with Gasteiger partial charge in [0.1, 0.15) is 0 Å². The molecule has 1 amide bonds. The first-order valence-corrected chi connectivity index (χ1v) is 8.46. The Labute approximate surface area is 147 Å². The molecule has 0 spiro atoms. The molecule has 0 unspecified atom stereocenters. The first kappa shape index (κ1) is 17.1. The van der Waals surface area contributed by atoms with Crippen LogP contribution in [0, 0.1) is 0 Å². The fourth-order valence-corrected chi connectivity index (χ4v) is 2.70. The molecule has 6 nitrogen and oxygen atoms in total. The van der Waals surface area contributed by atoms with Gasteiger partial charge in [0.15, 0.2) is 5.65 Å². The summed E-state index contributed by atoms with van der Waals surface area (Å²) >= 11 is 0. The van der Waals surface area contributed by atoms with Gasteiger partial charge in [0.25, 0.3) is 5.91 Å². The van der Waals surface area contributed by atoms with Crippen LogP contribution in [-0.4, -0.2) is 33.3 Å². The first-order valence-electron chi connectivity index (χ1n) is 8.46. The van der Waals surface area contributed by atoms with Crippen LogP contribution in [0.3, 0.4) is 0 Å². The molecule has 3 aromatic rings. The zero-order chi connectivity index (χ0) is 18.0. The number of rotatable bonds is 5. The molecule has 0 aliphatic carbocycles. The topological polar surface area (TPSA) is 85.8 Å². The Hall–Kier alpha value is -2.73. The molecule has 0 aliphatic heterocycles. The predicted octanol–water partition coefficient (Wildman–Crippen LogP) is 2.76. The number of amides is 1. The number of hydrogen-bond acceptors (Lipinski definition) is 4. The van der Waals surface area contributed by atoms with Crippen molar-refractivity contribution < 1.29 is 4.79 Å². The maximum Gasteiger partial charge on any atom is 0.252 e. The summed E-state index contributed by atoms with van der Waals surface area (Å²) in [5, 5.41) is 8.09. The van der Waals surface area contributed by atoms with Crippen LogP contribution in [0.2, 0.25) is 0 Å². The number of hydrogen-bond donors (Lipinski definition) is 2. The van der Waals surface area contributed by atoms with Gasteiger partial charge in [0.2, 0.25) is 0 Å². The lowest BCUT2D eigenvalue weighted by Gasteiger charge is -2.13. The van der Waals surface area contributed by atoms with Crippen molar-refractivity contribution in [2.75, 3.05) is 6.54 Å². The van der Waals surface area contributed by atoms with E-state index in [4.69, 9.17) is 10.7 Å². The molecule has 1 atom stereocenters. The van der Waals surface area contributed by atoms with Crippen molar-refractivity contribution in [1.82, 2.24) is 20.1 Å². The fraction of sp³-hybridized carbons (Fsp3) is 0.316. The molecule has 3 rings (SSSR count). The molecule has 0 saturated carbocycles. The van der Waals surface area contributed by atoms with Crippen molar-refractivity contribution in [3.8, 4) is 11.3 Å². The lowest BCUT2D eigenvalue weighted by atomic mass is 10.1. The smallest absolute Gasteiger partial charge is 0.252 e. The van der Waals surface area contributed by atoms with Gasteiger partial charge in [-0.25, -0.2) is 9.67 Å². The van der Waals surface area contributed by atoms with Crippen LogP contribution in [0.5, 0.6) is 0 Å². The van der Waals surface area contributed by atoms with Crippen LogP contribution >= 0.6 is 0 Å². The van der Waals surface area contributed by atoms with E-state index in [1.54, 1.807) is 6.20 Å². The van der Waals surface area contributed by atoms with Gasteiger partial charge in [-0.15, -0.1) is 0 Å². The third-order valence-corrected chi connectivity index (χ3v) is 4.10. The molecule has 0 radical (unpaired) electrons. The van der Waals surface area contributed by atoms with Crippen LogP contribution in [0.25, 0.3) is 22.3 Å². The molecule has 25 heavy (non-hydrogen) atoms. The number of aromatic nitrogens is 3. The van der Waals surface area contributed by atoms with Gasteiger partial charge in [-0.1, -0.05) is 30.3 Å². The Morgan fingerprint density at radius 2 is 1.96 bits per heavy atom. The maximum absolute atomic E-state index is 12.8. The van der Waals surface area contributed by atoms with E-state index in [1.807, 2.05) is 61.9 Å². The van der Waals surface area contributed by atoms with Crippen LogP contribution in [0.1, 0.15) is 37.2 Å². The highest BCUT2D eigenvalue weighted by atomic mass is 16.1. The van der Waals surface area contributed by atoms with Crippen molar-refractivity contribution in [1.29, 1.82) is 0 Å². The Kier molecular flexibility index (Phi) is 4.81. The van der Waals surface area contributed by atoms with Gasteiger partial charge < -0.3 is 11.1 Å². The summed E-state index contributed by atoms with van der Waals surface area (Å²) in [5.74, 6) is -0.161. The van der Waals surface area contributed by atoms with Crippen molar-refractivity contribution in [3.63, 3.8) is 0 Å². The second-order valence-corrected chi connectivity index (χ2v) is 6.45. The highest BCUT2D eigenvalue weighted by molar-refractivity contribution is 6.06. The SMILES string of the molecule is CC(C)n1ncc2c(C(=O)N[C@@H](C)CN)cc(-c3ccccc3)nc21. The van der Waals surface area contributed by atoms with Crippen molar-refractivity contribution in [2.24, 2.45) is 5.73 Å². The van der Waals surface area contributed by atoms with E-state index < -0.39 is 0 Å². The molecule has 2 aromatic heterocycles. The van der Waals surface area contributed by atoms with Crippen molar-refractivity contribution in [3.05, 3.63) is 48.2 Å². The molecule has 3 N–H and O–H groups in total. The summed E-state index contributed by atoms with van der Waals surface area (Å²) in [4.78, 5) is 17.5. The van der Waals surface area contributed by atoms with Crippen molar-refractivity contribution >= 4 is 16.9 Å². The molecule has 130 valence electrons. The quantitative estimate of drug-likeness (QED) is 0.749. The third-order valence-electron chi connectivity index (χ3n) is 4.10. The molecule has 0 aliphatic rings. The first-order chi connectivity index (χ1) is 12.0. The molecule has 0 bridgehead atoms. The number of carbonyl (C=O) groups is 1. The number of benzene rings is 1. The van der Waals surface area contributed by atoms with E-state index in [0.717, 1.165) is 16.6 Å². The van der Waals surface area contributed by atoms with E-state index >= 15 is 0 Å². The molecule has 0 fully saturated rings. The number of fused-ring (bicyclic) bond motifs is 1. The molecule has 1 aromatic carbocycles. The average Bonchev–Trinajstić information content (AvgIpc) is 3.05. The summed E-state index contributed by atoms with van der Waals surface area (Å²) < 4.78 is 1.84. The summed E-state index contributed by atoms with van der Waals surface area (Å²) in [6.07, 6.45) is 1.71. The second kappa shape index (κ2) is 7.03. The van der Waals surface area contributed by atoms with E-state index in [0.29, 0.717) is 17.8 Å². The minimum Gasteiger partial charge on any atom is -0.348 e. The lowest BCUT2D eigenvalue weighted by Crippen LogP contribution is -2.37. The van der Waals surface area contributed by atoms with Crippen LogP contribution < -0.4 is 11.1 Å². The molecule has 2 heterocycles. The standard InChI is InChI=1S/C19H23N5O/c1-12(2)24-18-16(11-21-24)15(19(25)22-13(3)10-20)9-17(23-18)14-7-5-4-6-8-14/h4-9,11-13H,10,20H2,1-3H3,(H,22,25)/t13-/m0/s1. The Balaban J connectivity index is 2.18. The number of carbonyl (C=O) groups excluding carboxylic acids is 1.